The predicted octanol–water partition coefficient (Wildman–Crippen LogP) is 3.26. The SMILES string of the molecule is COC(=O)NC(=S)Nc1ccccc1NC(=S)NC(=O)OC.ClCCCl. The predicted molar refractivity (Wildman–Crippen MR) is 111 cm³/mol. The smallest absolute Gasteiger partial charge is 0.413 e. The van der Waals surface area contributed by atoms with Crippen LogP contribution in [0.25, 0.3) is 0 Å². The fraction of sp³-hybridized carbons (Fsp3) is 0.286. The summed E-state index contributed by atoms with van der Waals surface area (Å²) in [6.45, 7) is 0. The number of alkyl carbamates (subject to hydrolysis) is 2. The lowest BCUT2D eigenvalue weighted by molar-refractivity contribution is 0.176. The van der Waals surface area contributed by atoms with Crippen molar-refractivity contribution < 1.29 is 19.1 Å². The first-order valence-electron chi connectivity index (χ1n) is 6.90. The molecule has 0 unspecified atom stereocenters. The number of hydrogen-bond acceptors (Lipinski definition) is 6. The molecule has 0 saturated heterocycles. The Morgan fingerprint density at radius 3 is 1.50 bits per heavy atom. The molecule has 26 heavy (non-hydrogen) atoms. The van der Waals surface area contributed by atoms with E-state index in [0.29, 0.717) is 23.1 Å². The van der Waals surface area contributed by atoms with E-state index in [2.05, 4.69) is 30.7 Å². The molecule has 12 heteroatoms. The van der Waals surface area contributed by atoms with Crippen molar-refractivity contribution in [2.24, 2.45) is 0 Å². The van der Waals surface area contributed by atoms with Gasteiger partial charge < -0.3 is 20.1 Å². The molecule has 144 valence electrons. The first-order valence-corrected chi connectivity index (χ1v) is 8.79. The van der Waals surface area contributed by atoms with Crippen molar-refractivity contribution >= 4 is 81.4 Å². The first kappa shape index (κ1) is 24.1. The van der Waals surface area contributed by atoms with E-state index < -0.39 is 12.2 Å². The second-order valence-corrected chi connectivity index (χ2v) is 5.64. The quantitative estimate of drug-likeness (QED) is 0.419. The molecule has 8 nitrogen and oxygen atoms in total. The van der Waals surface area contributed by atoms with E-state index in [1.807, 2.05) is 0 Å². The molecule has 0 heterocycles. The van der Waals surface area contributed by atoms with Crippen molar-refractivity contribution in [2.75, 3.05) is 36.6 Å². The summed E-state index contributed by atoms with van der Waals surface area (Å²) in [5.41, 5.74) is 1.08. The maximum absolute atomic E-state index is 11.1. The van der Waals surface area contributed by atoms with Gasteiger partial charge in [0.05, 0.1) is 25.6 Å². The van der Waals surface area contributed by atoms with Crippen LogP contribution in [0, 0.1) is 0 Å². The molecule has 1 rings (SSSR count). The molecule has 0 aliphatic carbocycles. The number of nitrogens with one attached hydrogen (secondary N) is 4. The standard InChI is InChI=1S/C12H14N4O4S2.C2H4Cl2/c1-19-11(17)15-9(21)13-7-5-3-4-6-8(7)14-10(22)16-12(18)20-2;3-1-2-4/h3-6H,1-2H3,(H2,13,15,17,21)(H2,14,16,18,22);1-2H2. The average Bonchev–Trinajstić information content (AvgIpc) is 2.63. The van der Waals surface area contributed by atoms with E-state index in [1.54, 1.807) is 24.3 Å². The third kappa shape index (κ3) is 10.9. The Balaban J connectivity index is 0.00000141. The molecule has 4 N–H and O–H groups in total. The number of alkyl halides is 2. The van der Waals surface area contributed by atoms with E-state index >= 15 is 0 Å². The third-order valence-corrected chi connectivity index (χ3v) is 3.28. The Hall–Kier alpha value is -1.88. The molecule has 0 fully saturated rings. The molecule has 1 aromatic rings. The number of carbonyl (C=O) groups excluding carboxylic acids is 2. The monoisotopic (exact) mass is 440 g/mol. The number of benzene rings is 1. The molecule has 0 spiro atoms. The Morgan fingerprint density at radius 2 is 1.23 bits per heavy atom. The highest BCUT2D eigenvalue weighted by atomic mass is 35.5. The van der Waals surface area contributed by atoms with E-state index in [9.17, 15) is 9.59 Å². The van der Waals surface area contributed by atoms with Gasteiger partial charge in [0.1, 0.15) is 0 Å². The lowest BCUT2D eigenvalue weighted by atomic mass is 10.2. The fourth-order valence-corrected chi connectivity index (χ4v) is 1.68. The molecule has 0 saturated carbocycles. The maximum Gasteiger partial charge on any atom is 0.413 e. The summed E-state index contributed by atoms with van der Waals surface area (Å²) in [6.07, 6.45) is -1.38. The van der Waals surface area contributed by atoms with Gasteiger partial charge in [0.2, 0.25) is 0 Å². The van der Waals surface area contributed by atoms with Crippen LogP contribution in [0.1, 0.15) is 0 Å². The second-order valence-electron chi connectivity index (χ2n) is 4.06. The number of anilines is 2. The van der Waals surface area contributed by atoms with Crippen LogP contribution < -0.4 is 21.3 Å². The van der Waals surface area contributed by atoms with Crippen molar-refractivity contribution in [1.29, 1.82) is 0 Å². The van der Waals surface area contributed by atoms with Gasteiger partial charge in [0, 0.05) is 11.8 Å². The minimum Gasteiger partial charge on any atom is -0.453 e. The molecule has 0 bridgehead atoms. The number of para-hydroxylation sites is 2. The van der Waals surface area contributed by atoms with Crippen molar-refractivity contribution in [3.63, 3.8) is 0 Å². The zero-order chi connectivity index (χ0) is 19.9. The van der Waals surface area contributed by atoms with Crippen LogP contribution in [-0.2, 0) is 9.47 Å². The summed E-state index contributed by atoms with van der Waals surface area (Å²) >= 11 is 20.0. The van der Waals surface area contributed by atoms with E-state index in [4.69, 9.17) is 47.6 Å². The topological polar surface area (TPSA) is 101 Å². The van der Waals surface area contributed by atoms with Crippen LogP contribution in [0.2, 0.25) is 0 Å². The molecule has 2 amide bonds. The van der Waals surface area contributed by atoms with Gasteiger partial charge in [0.15, 0.2) is 10.2 Å². The minimum absolute atomic E-state index is 0.0490. The third-order valence-electron chi connectivity index (χ3n) is 2.30. The summed E-state index contributed by atoms with van der Waals surface area (Å²) in [7, 11) is 2.45. The van der Waals surface area contributed by atoms with E-state index in [1.165, 1.54) is 14.2 Å². The lowest BCUT2D eigenvalue weighted by Gasteiger charge is -2.15. The molecule has 0 radical (unpaired) electrons. The van der Waals surface area contributed by atoms with Crippen LogP contribution in [0.5, 0.6) is 0 Å². The highest BCUT2D eigenvalue weighted by Gasteiger charge is 2.09. The van der Waals surface area contributed by atoms with Gasteiger partial charge in [0.25, 0.3) is 0 Å². The van der Waals surface area contributed by atoms with Crippen LogP contribution in [0.15, 0.2) is 24.3 Å². The van der Waals surface area contributed by atoms with Gasteiger partial charge in [-0.2, -0.15) is 0 Å². The zero-order valence-corrected chi connectivity index (χ0v) is 17.1. The lowest BCUT2D eigenvalue weighted by Crippen LogP contribution is -2.35. The molecule has 0 aliphatic heterocycles. The highest BCUT2D eigenvalue weighted by molar-refractivity contribution is 7.80. The number of amides is 2. The number of ether oxygens (including phenoxy) is 2. The van der Waals surface area contributed by atoms with Crippen LogP contribution >= 0.6 is 47.6 Å². The summed E-state index contributed by atoms with van der Waals surface area (Å²) in [5, 5.41) is 10.3. The summed E-state index contributed by atoms with van der Waals surface area (Å²) in [6, 6.07) is 6.92. The Bertz CT molecular complexity index is 582. The Morgan fingerprint density at radius 1 is 0.885 bits per heavy atom. The molecule has 0 atom stereocenters. The highest BCUT2D eigenvalue weighted by Crippen LogP contribution is 2.20. The number of hydrogen-bond donors (Lipinski definition) is 4. The number of carbonyl (C=O) groups is 2. The number of halogens is 2. The first-order chi connectivity index (χ1) is 12.4. The van der Waals surface area contributed by atoms with Crippen molar-refractivity contribution in [2.45, 2.75) is 0 Å². The largest absolute Gasteiger partial charge is 0.453 e. The molecular formula is C14H18Cl2N4O4S2. The van der Waals surface area contributed by atoms with Gasteiger partial charge in [-0.15, -0.1) is 23.2 Å². The van der Waals surface area contributed by atoms with Gasteiger partial charge in [-0.05, 0) is 36.6 Å². The van der Waals surface area contributed by atoms with Crippen LogP contribution in [0.4, 0.5) is 21.0 Å². The van der Waals surface area contributed by atoms with Gasteiger partial charge in [-0.1, -0.05) is 12.1 Å². The van der Waals surface area contributed by atoms with Crippen molar-refractivity contribution in [3.8, 4) is 0 Å². The van der Waals surface area contributed by atoms with Crippen LogP contribution in [0.3, 0.4) is 0 Å². The average molecular weight is 441 g/mol. The normalized spacial score (nSPS) is 8.92. The van der Waals surface area contributed by atoms with Gasteiger partial charge in [-0.25, -0.2) is 9.59 Å². The number of methoxy groups -OCH3 is 2. The maximum atomic E-state index is 11.1. The molecular weight excluding hydrogens is 423 g/mol. The summed E-state index contributed by atoms with van der Waals surface area (Å²) in [5.74, 6) is 1.11. The Labute approximate surface area is 171 Å². The van der Waals surface area contributed by atoms with Gasteiger partial charge in [-0.3, -0.25) is 10.6 Å². The van der Waals surface area contributed by atoms with E-state index in [0.717, 1.165) is 0 Å². The zero-order valence-electron chi connectivity index (χ0n) is 13.9. The molecule has 0 aliphatic rings. The van der Waals surface area contributed by atoms with E-state index in [-0.39, 0.29) is 10.2 Å². The Kier molecular flexibility index (Phi) is 13.3. The number of rotatable bonds is 3. The minimum atomic E-state index is -0.689. The number of thiocarbonyl (C=S) groups is 2. The molecule has 1 aromatic carbocycles. The van der Waals surface area contributed by atoms with Gasteiger partial charge >= 0.3 is 12.2 Å². The fourth-order valence-electron chi connectivity index (χ4n) is 1.30. The van der Waals surface area contributed by atoms with Crippen LogP contribution in [-0.4, -0.2) is 48.4 Å². The molecule has 0 aromatic heterocycles. The van der Waals surface area contributed by atoms with Crippen molar-refractivity contribution in [3.05, 3.63) is 24.3 Å². The second kappa shape index (κ2) is 14.3. The van der Waals surface area contributed by atoms with Crippen molar-refractivity contribution in [1.82, 2.24) is 10.6 Å². The summed E-state index contributed by atoms with van der Waals surface area (Å²) in [4.78, 5) is 22.1. The summed E-state index contributed by atoms with van der Waals surface area (Å²) < 4.78 is 8.87.